The number of ketones is 1. The monoisotopic (exact) mass is 527 g/mol. The Kier molecular flexibility index (Phi) is 8.57. The van der Waals surface area contributed by atoms with E-state index < -0.39 is 18.2 Å². The second kappa shape index (κ2) is 10.5. The molecule has 170 valence electrons. The molecule has 3 rings (SSSR count). The summed E-state index contributed by atoms with van der Waals surface area (Å²) in [7, 11) is 0. The normalized spacial score (nSPS) is 18.9. The van der Waals surface area contributed by atoms with Crippen LogP contribution in [0.1, 0.15) is 19.3 Å². The molecule has 0 saturated carbocycles. The lowest BCUT2D eigenvalue weighted by Gasteiger charge is -2.28. The molecular weight excluding hydrogens is 511 g/mol. The van der Waals surface area contributed by atoms with E-state index in [0.717, 1.165) is 13.0 Å². The van der Waals surface area contributed by atoms with E-state index in [9.17, 15) is 27.9 Å². The van der Waals surface area contributed by atoms with Crippen LogP contribution in [0.5, 0.6) is 0 Å². The predicted molar refractivity (Wildman–Crippen MR) is 109 cm³/mol. The van der Waals surface area contributed by atoms with Gasteiger partial charge in [0.25, 0.3) is 5.56 Å². The van der Waals surface area contributed by atoms with Gasteiger partial charge < -0.3 is 15.5 Å². The van der Waals surface area contributed by atoms with E-state index in [1.807, 2.05) is 0 Å². The molecule has 0 amide bonds. The van der Waals surface area contributed by atoms with Gasteiger partial charge in [0.05, 0.1) is 34.9 Å². The largest absolute Gasteiger partial charge is 0.490 e. The number of hydrogen-bond donors (Lipinski definition) is 3. The van der Waals surface area contributed by atoms with Crippen LogP contribution in [0.4, 0.5) is 13.2 Å². The van der Waals surface area contributed by atoms with Crippen LogP contribution in [-0.2, 0) is 16.1 Å². The third-order valence-corrected chi connectivity index (χ3v) is 5.65. The third kappa shape index (κ3) is 6.99. The Bertz CT molecular complexity index is 1030. The van der Waals surface area contributed by atoms with Gasteiger partial charge in [-0.2, -0.15) is 13.2 Å². The maximum absolute atomic E-state index is 12.5. The highest BCUT2D eigenvalue weighted by molar-refractivity contribution is 9.10. The summed E-state index contributed by atoms with van der Waals surface area (Å²) in [5.74, 6) is -2.88. The van der Waals surface area contributed by atoms with E-state index >= 15 is 0 Å². The van der Waals surface area contributed by atoms with Gasteiger partial charge in [0.15, 0.2) is 5.78 Å². The van der Waals surface area contributed by atoms with Crippen molar-refractivity contribution in [3.8, 4) is 0 Å². The number of carboxylic acid groups (broad SMARTS) is 1. The van der Waals surface area contributed by atoms with Crippen molar-refractivity contribution in [2.24, 2.45) is 0 Å². The minimum atomic E-state index is -5.08. The molecule has 0 radical (unpaired) electrons. The maximum Gasteiger partial charge on any atom is 0.490 e. The highest BCUT2D eigenvalue weighted by Crippen LogP contribution is 2.25. The van der Waals surface area contributed by atoms with Crippen molar-refractivity contribution in [1.29, 1.82) is 0 Å². The number of piperidine rings is 1. The molecule has 2 heterocycles. The van der Waals surface area contributed by atoms with Crippen molar-refractivity contribution in [2.75, 3.05) is 6.54 Å². The highest BCUT2D eigenvalue weighted by Gasteiger charge is 2.38. The summed E-state index contributed by atoms with van der Waals surface area (Å²) in [6.07, 6.45) is -2.46. The van der Waals surface area contributed by atoms with Crippen molar-refractivity contribution in [3.63, 3.8) is 0 Å². The van der Waals surface area contributed by atoms with Crippen LogP contribution in [0.3, 0.4) is 0 Å². The van der Waals surface area contributed by atoms with Crippen molar-refractivity contribution < 1.29 is 33.0 Å². The van der Waals surface area contributed by atoms with E-state index in [-0.39, 0.29) is 30.3 Å². The molecule has 2 aromatic rings. The average Bonchev–Trinajstić information content (AvgIpc) is 2.67. The average molecular weight is 529 g/mol. The number of carboxylic acids is 1. The molecule has 1 aromatic carbocycles. The Morgan fingerprint density at radius 1 is 1.35 bits per heavy atom. The number of carbonyl (C=O) groups is 2. The summed E-state index contributed by atoms with van der Waals surface area (Å²) in [5.41, 5.74) is 0.212. The van der Waals surface area contributed by atoms with Crippen LogP contribution in [0.15, 0.2) is 27.7 Å². The standard InChI is InChI=1S/C16H17BrClN3O3.C2HF3O2/c17-11-6-13-10(5-12(11)18)16(24)21(8-20-13)7-9(22)4-14-15(23)2-1-3-19-14;3-2(4,5)1(6)7/h5-6,8,14-15,19,23H,1-4,7H2;(H,6,7)/t14-,15+;/m0./s1. The van der Waals surface area contributed by atoms with Gasteiger partial charge in [0.1, 0.15) is 0 Å². The zero-order valence-corrected chi connectivity index (χ0v) is 18.2. The maximum atomic E-state index is 12.5. The molecule has 8 nitrogen and oxygen atoms in total. The lowest BCUT2D eigenvalue weighted by molar-refractivity contribution is -0.192. The van der Waals surface area contributed by atoms with Gasteiger partial charge >= 0.3 is 12.1 Å². The molecule has 0 bridgehead atoms. The number of halogens is 5. The predicted octanol–water partition coefficient (Wildman–Crippen LogP) is 2.52. The van der Waals surface area contributed by atoms with Crippen LogP contribution >= 0.6 is 27.5 Å². The Balaban J connectivity index is 0.000000423. The molecule has 1 aliphatic heterocycles. The number of rotatable bonds is 4. The number of aliphatic carboxylic acids is 1. The lowest BCUT2D eigenvalue weighted by Crippen LogP contribution is -2.46. The van der Waals surface area contributed by atoms with Crippen LogP contribution in [0.2, 0.25) is 5.02 Å². The topological polar surface area (TPSA) is 122 Å². The van der Waals surface area contributed by atoms with Crippen LogP contribution < -0.4 is 10.9 Å². The fourth-order valence-electron chi connectivity index (χ4n) is 2.91. The number of hydrogen-bond acceptors (Lipinski definition) is 6. The first-order chi connectivity index (χ1) is 14.4. The quantitative estimate of drug-likeness (QED) is 0.558. The minimum absolute atomic E-state index is 0.0691. The zero-order valence-electron chi connectivity index (χ0n) is 15.8. The van der Waals surface area contributed by atoms with Crippen molar-refractivity contribution >= 4 is 50.2 Å². The fraction of sp³-hybridized carbons (Fsp3) is 0.444. The summed E-state index contributed by atoms with van der Waals surface area (Å²) in [4.78, 5) is 37.9. The van der Waals surface area contributed by atoms with Gasteiger partial charge in [-0.1, -0.05) is 11.6 Å². The summed E-state index contributed by atoms with van der Waals surface area (Å²) in [6, 6.07) is 2.97. The molecule has 1 fully saturated rings. The number of aromatic nitrogens is 2. The molecule has 0 aliphatic carbocycles. The number of aliphatic hydroxyl groups is 1. The van der Waals surface area contributed by atoms with E-state index in [1.165, 1.54) is 10.9 Å². The lowest BCUT2D eigenvalue weighted by atomic mass is 9.97. The molecule has 2 atom stereocenters. The number of alkyl halides is 3. The first kappa shape index (κ1) is 25.2. The van der Waals surface area contributed by atoms with E-state index in [1.54, 1.807) is 12.1 Å². The van der Waals surface area contributed by atoms with Crippen molar-refractivity contribution in [1.82, 2.24) is 14.9 Å². The van der Waals surface area contributed by atoms with E-state index in [4.69, 9.17) is 21.5 Å². The van der Waals surface area contributed by atoms with Gasteiger partial charge in [-0.3, -0.25) is 14.2 Å². The van der Waals surface area contributed by atoms with E-state index in [2.05, 4.69) is 26.2 Å². The van der Waals surface area contributed by atoms with Gasteiger partial charge in [-0.05, 0) is 47.4 Å². The second-order valence-corrected chi connectivity index (χ2v) is 8.04. The molecule has 13 heteroatoms. The number of benzene rings is 1. The molecule has 1 saturated heterocycles. The van der Waals surface area contributed by atoms with Gasteiger partial charge in [-0.15, -0.1) is 0 Å². The highest BCUT2D eigenvalue weighted by atomic mass is 79.9. The Morgan fingerprint density at radius 3 is 2.58 bits per heavy atom. The number of Topliss-reactive ketones (excluding diaryl/α,β-unsaturated/α-hetero) is 1. The second-order valence-electron chi connectivity index (χ2n) is 6.78. The fourth-order valence-corrected chi connectivity index (χ4v) is 3.40. The molecule has 1 aliphatic rings. The molecule has 31 heavy (non-hydrogen) atoms. The first-order valence-corrected chi connectivity index (χ1v) is 10.1. The summed E-state index contributed by atoms with van der Waals surface area (Å²) in [5, 5.41) is 21.0. The van der Waals surface area contributed by atoms with Crippen LogP contribution in [0.25, 0.3) is 10.9 Å². The smallest absolute Gasteiger partial charge is 0.475 e. The van der Waals surface area contributed by atoms with Gasteiger partial charge in [0, 0.05) is 16.9 Å². The summed E-state index contributed by atoms with van der Waals surface area (Å²) < 4.78 is 33.7. The van der Waals surface area contributed by atoms with Crippen LogP contribution in [0, 0.1) is 0 Å². The summed E-state index contributed by atoms with van der Waals surface area (Å²) >= 11 is 9.33. The Hall–Kier alpha value is -2.02. The zero-order chi connectivity index (χ0) is 23.3. The van der Waals surface area contributed by atoms with E-state index in [0.29, 0.717) is 26.8 Å². The Morgan fingerprint density at radius 2 is 2.00 bits per heavy atom. The van der Waals surface area contributed by atoms with Gasteiger partial charge in [0.2, 0.25) is 0 Å². The summed E-state index contributed by atoms with van der Waals surface area (Å²) in [6.45, 7) is 0.722. The van der Waals surface area contributed by atoms with Crippen LogP contribution in [-0.4, -0.2) is 56.4 Å². The number of nitrogens with one attached hydrogen (secondary N) is 1. The molecule has 0 unspecified atom stereocenters. The number of carbonyl (C=O) groups excluding carboxylic acids is 1. The molecular formula is C18H18BrClF3N3O5. The van der Waals surface area contributed by atoms with Crippen molar-refractivity contribution in [3.05, 3.63) is 38.3 Å². The third-order valence-electron chi connectivity index (χ3n) is 4.45. The first-order valence-electron chi connectivity index (χ1n) is 8.97. The number of aliphatic hydroxyl groups excluding tert-OH is 1. The minimum Gasteiger partial charge on any atom is -0.475 e. The molecule has 0 spiro atoms. The number of fused-ring (bicyclic) bond motifs is 1. The molecule has 3 N–H and O–H groups in total. The SMILES string of the molecule is O=C(C[C@@H]1NCCC[C@H]1O)Cn1cnc2cc(Br)c(Cl)cc2c1=O.O=C(O)C(F)(F)F. The molecule has 1 aromatic heterocycles. The number of nitrogens with zero attached hydrogens (tertiary/aromatic N) is 2. The Labute approximate surface area is 187 Å². The van der Waals surface area contributed by atoms with Crippen molar-refractivity contribution in [2.45, 2.75) is 44.1 Å². The van der Waals surface area contributed by atoms with Gasteiger partial charge in [-0.25, -0.2) is 9.78 Å².